The van der Waals surface area contributed by atoms with Gasteiger partial charge in [-0.2, -0.15) is 0 Å². The SMILES string of the molecule is CNS(=O)(=O)c1ccc(C)c(C(=O)Nc2nc(-c3ccc(C(C)C)cc3)cs2)c1. The number of rotatable bonds is 6. The van der Waals surface area contributed by atoms with Crippen molar-refractivity contribution < 1.29 is 13.2 Å². The van der Waals surface area contributed by atoms with E-state index in [0.29, 0.717) is 22.2 Å². The molecule has 0 saturated carbocycles. The highest BCUT2D eigenvalue weighted by molar-refractivity contribution is 7.89. The Morgan fingerprint density at radius 2 is 1.79 bits per heavy atom. The standard InChI is InChI=1S/C21H23N3O3S2/c1-13(2)15-6-8-16(9-7-15)19-12-28-21(23-19)24-20(25)18-11-17(10-5-14(18)3)29(26,27)22-4/h5-13,22H,1-4H3,(H,23,24,25). The Balaban J connectivity index is 1.81. The second kappa shape index (κ2) is 8.44. The van der Waals surface area contributed by atoms with E-state index in [1.807, 2.05) is 17.5 Å². The van der Waals surface area contributed by atoms with E-state index < -0.39 is 15.9 Å². The third kappa shape index (κ3) is 4.72. The molecule has 0 spiro atoms. The molecule has 2 N–H and O–H groups in total. The van der Waals surface area contributed by atoms with Crippen LogP contribution in [0, 0.1) is 6.92 Å². The first-order valence-electron chi connectivity index (χ1n) is 9.12. The number of nitrogens with one attached hydrogen (secondary N) is 2. The number of thiazole rings is 1. The van der Waals surface area contributed by atoms with Crippen molar-refractivity contribution in [1.82, 2.24) is 9.71 Å². The number of hydrogen-bond acceptors (Lipinski definition) is 5. The fraction of sp³-hybridized carbons (Fsp3) is 0.238. The summed E-state index contributed by atoms with van der Waals surface area (Å²) in [4.78, 5) is 17.2. The van der Waals surface area contributed by atoms with Crippen molar-refractivity contribution in [1.29, 1.82) is 0 Å². The third-order valence-corrected chi connectivity index (χ3v) is 6.80. The Morgan fingerprint density at radius 1 is 1.10 bits per heavy atom. The maximum absolute atomic E-state index is 12.7. The summed E-state index contributed by atoms with van der Waals surface area (Å²) >= 11 is 1.32. The average Bonchev–Trinajstić information content (AvgIpc) is 3.16. The summed E-state index contributed by atoms with van der Waals surface area (Å²) in [5.74, 6) is 0.0618. The maximum atomic E-state index is 12.7. The molecule has 1 amide bonds. The topological polar surface area (TPSA) is 88.2 Å². The minimum atomic E-state index is -3.63. The molecule has 1 aromatic heterocycles. The van der Waals surface area contributed by atoms with Crippen molar-refractivity contribution >= 4 is 32.4 Å². The summed E-state index contributed by atoms with van der Waals surface area (Å²) < 4.78 is 26.3. The summed E-state index contributed by atoms with van der Waals surface area (Å²) in [6.07, 6.45) is 0. The number of amides is 1. The van der Waals surface area contributed by atoms with Crippen LogP contribution < -0.4 is 10.0 Å². The highest BCUT2D eigenvalue weighted by atomic mass is 32.2. The molecule has 8 heteroatoms. The zero-order chi connectivity index (χ0) is 21.2. The fourth-order valence-corrected chi connectivity index (χ4v) is 4.27. The second-order valence-electron chi connectivity index (χ2n) is 6.95. The first kappa shape index (κ1) is 21.2. The predicted molar refractivity (Wildman–Crippen MR) is 117 cm³/mol. The Labute approximate surface area is 175 Å². The van der Waals surface area contributed by atoms with E-state index in [1.165, 1.54) is 36.1 Å². The lowest BCUT2D eigenvalue weighted by molar-refractivity contribution is 0.102. The van der Waals surface area contributed by atoms with E-state index in [9.17, 15) is 13.2 Å². The third-order valence-electron chi connectivity index (χ3n) is 4.63. The minimum Gasteiger partial charge on any atom is -0.298 e. The molecule has 3 rings (SSSR count). The molecule has 0 bridgehead atoms. The Kier molecular flexibility index (Phi) is 6.16. The highest BCUT2D eigenvalue weighted by Crippen LogP contribution is 2.27. The number of nitrogens with zero attached hydrogens (tertiary/aromatic N) is 1. The molecule has 2 aromatic carbocycles. The van der Waals surface area contributed by atoms with Crippen molar-refractivity contribution in [2.45, 2.75) is 31.6 Å². The molecular formula is C21H23N3O3S2. The van der Waals surface area contributed by atoms with Gasteiger partial charge in [0.05, 0.1) is 10.6 Å². The van der Waals surface area contributed by atoms with Gasteiger partial charge in [0.2, 0.25) is 10.0 Å². The summed E-state index contributed by atoms with van der Waals surface area (Å²) in [6, 6.07) is 12.7. The van der Waals surface area contributed by atoms with Crippen LogP contribution in [0.1, 0.15) is 41.3 Å². The molecule has 0 aliphatic rings. The van der Waals surface area contributed by atoms with E-state index in [1.54, 1.807) is 13.0 Å². The summed E-state index contributed by atoms with van der Waals surface area (Å²) in [7, 11) is -2.30. The Bertz CT molecular complexity index is 1130. The number of aryl methyl sites for hydroxylation is 1. The minimum absolute atomic E-state index is 0.0424. The molecule has 1 heterocycles. The molecule has 0 radical (unpaired) electrons. The van der Waals surface area contributed by atoms with Gasteiger partial charge in [-0.25, -0.2) is 18.1 Å². The van der Waals surface area contributed by atoms with Crippen LogP contribution >= 0.6 is 11.3 Å². The molecule has 0 saturated heterocycles. The first-order valence-corrected chi connectivity index (χ1v) is 11.5. The van der Waals surface area contributed by atoms with Crippen molar-refractivity contribution in [2.24, 2.45) is 0 Å². The number of anilines is 1. The maximum Gasteiger partial charge on any atom is 0.257 e. The van der Waals surface area contributed by atoms with Gasteiger partial charge >= 0.3 is 0 Å². The molecule has 152 valence electrons. The molecule has 0 fully saturated rings. The van der Waals surface area contributed by atoms with Crippen LogP contribution in [0.5, 0.6) is 0 Å². The smallest absolute Gasteiger partial charge is 0.257 e. The van der Waals surface area contributed by atoms with Gasteiger partial charge < -0.3 is 0 Å². The number of aromatic nitrogens is 1. The van der Waals surface area contributed by atoms with Gasteiger partial charge in [0.15, 0.2) is 5.13 Å². The quantitative estimate of drug-likeness (QED) is 0.608. The molecule has 6 nitrogen and oxygen atoms in total. The van der Waals surface area contributed by atoms with Crippen molar-refractivity contribution in [3.63, 3.8) is 0 Å². The van der Waals surface area contributed by atoms with Crippen LogP contribution in [0.15, 0.2) is 52.7 Å². The number of carbonyl (C=O) groups excluding carboxylic acids is 1. The lowest BCUT2D eigenvalue weighted by Crippen LogP contribution is -2.20. The largest absolute Gasteiger partial charge is 0.298 e. The van der Waals surface area contributed by atoms with Crippen LogP contribution in [-0.2, 0) is 10.0 Å². The predicted octanol–water partition coefficient (Wildman–Crippen LogP) is 4.40. The zero-order valence-corrected chi connectivity index (χ0v) is 18.3. The van der Waals surface area contributed by atoms with Gasteiger partial charge in [0.1, 0.15) is 0 Å². The van der Waals surface area contributed by atoms with E-state index in [-0.39, 0.29) is 4.90 Å². The monoisotopic (exact) mass is 429 g/mol. The number of sulfonamides is 1. The van der Waals surface area contributed by atoms with E-state index >= 15 is 0 Å². The van der Waals surface area contributed by atoms with Crippen LogP contribution in [0.4, 0.5) is 5.13 Å². The summed E-state index contributed by atoms with van der Waals surface area (Å²) in [5, 5.41) is 5.11. The van der Waals surface area contributed by atoms with Gasteiger partial charge in [0.25, 0.3) is 5.91 Å². The van der Waals surface area contributed by atoms with Gasteiger partial charge in [-0.05, 0) is 43.1 Å². The van der Waals surface area contributed by atoms with Crippen LogP contribution in [0.25, 0.3) is 11.3 Å². The van der Waals surface area contributed by atoms with Gasteiger partial charge in [-0.3, -0.25) is 10.1 Å². The van der Waals surface area contributed by atoms with Crippen molar-refractivity contribution in [2.75, 3.05) is 12.4 Å². The van der Waals surface area contributed by atoms with Crippen LogP contribution in [0.2, 0.25) is 0 Å². The zero-order valence-electron chi connectivity index (χ0n) is 16.7. The highest BCUT2D eigenvalue weighted by Gasteiger charge is 2.17. The number of carbonyl (C=O) groups is 1. The van der Waals surface area contributed by atoms with E-state index in [4.69, 9.17) is 0 Å². The van der Waals surface area contributed by atoms with Gasteiger partial charge in [0, 0.05) is 16.5 Å². The molecule has 0 atom stereocenters. The molecular weight excluding hydrogens is 406 g/mol. The molecule has 3 aromatic rings. The van der Waals surface area contributed by atoms with Crippen LogP contribution in [0.3, 0.4) is 0 Å². The van der Waals surface area contributed by atoms with E-state index in [2.05, 4.69) is 41.0 Å². The summed E-state index contributed by atoms with van der Waals surface area (Å²) in [5.41, 5.74) is 3.98. The Morgan fingerprint density at radius 3 is 2.41 bits per heavy atom. The molecule has 29 heavy (non-hydrogen) atoms. The molecule has 0 aliphatic carbocycles. The van der Waals surface area contributed by atoms with Gasteiger partial charge in [-0.15, -0.1) is 11.3 Å². The van der Waals surface area contributed by atoms with Crippen LogP contribution in [-0.4, -0.2) is 26.4 Å². The lowest BCUT2D eigenvalue weighted by Gasteiger charge is -2.09. The lowest BCUT2D eigenvalue weighted by atomic mass is 10.0. The summed E-state index contributed by atoms with van der Waals surface area (Å²) in [6.45, 7) is 6.04. The number of benzene rings is 2. The second-order valence-corrected chi connectivity index (χ2v) is 9.70. The van der Waals surface area contributed by atoms with E-state index in [0.717, 1.165) is 11.3 Å². The fourth-order valence-electron chi connectivity index (χ4n) is 2.80. The molecule has 0 unspecified atom stereocenters. The van der Waals surface area contributed by atoms with Gasteiger partial charge in [-0.1, -0.05) is 44.2 Å². The average molecular weight is 430 g/mol. The van der Waals surface area contributed by atoms with Crippen molar-refractivity contribution in [3.05, 3.63) is 64.5 Å². The molecule has 0 aliphatic heterocycles. The number of hydrogen-bond donors (Lipinski definition) is 2. The normalized spacial score (nSPS) is 11.6. The first-order chi connectivity index (χ1) is 13.7. The van der Waals surface area contributed by atoms with Crippen molar-refractivity contribution in [3.8, 4) is 11.3 Å². The Hall–Kier alpha value is -2.55.